The molecule has 0 aromatic heterocycles. The van der Waals surface area contributed by atoms with Gasteiger partial charge in [-0.1, -0.05) is 36.8 Å². The number of nitrogens with two attached hydrogens (primary N) is 1. The predicted octanol–water partition coefficient (Wildman–Crippen LogP) is 3.26. The van der Waals surface area contributed by atoms with E-state index in [1.54, 1.807) is 0 Å². The molecule has 1 aliphatic heterocycles. The van der Waals surface area contributed by atoms with Gasteiger partial charge in [0.25, 0.3) is 0 Å². The van der Waals surface area contributed by atoms with Crippen LogP contribution in [0.25, 0.3) is 0 Å². The summed E-state index contributed by atoms with van der Waals surface area (Å²) in [7, 11) is 2.19. The molecular formula is C24H40Cl2N4O. The number of likely N-dealkylation sites (N-methyl/N-ethyl adjacent to an activating group) is 1. The molecule has 31 heavy (non-hydrogen) atoms. The standard InChI is InChI=1S/C24H38N4O.2ClH/c1-26(18-19-6-3-2-4-7-19)10-11-27-12-14-28(15-13-27)24(29)22-16-20-8-5-9-21(17-22)23(20)25;;/h2-4,6-7,20-23H,5,8-18,25H2,1H3;2*1H. The minimum absolute atomic E-state index is 0. The summed E-state index contributed by atoms with van der Waals surface area (Å²) >= 11 is 0. The number of piperazine rings is 1. The van der Waals surface area contributed by atoms with Crippen molar-refractivity contribution in [3.05, 3.63) is 35.9 Å². The highest BCUT2D eigenvalue weighted by Gasteiger charge is 2.41. The fourth-order valence-corrected chi connectivity index (χ4v) is 5.73. The van der Waals surface area contributed by atoms with Crippen molar-refractivity contribution in [1.29, 1.82) is 0 Å². The Hall–Kier alpha value is -0.850. The maximum atomic E-state index is 13.1. The van der Waals surface area contributed by atoms with Crippen molar-refractivity contribution < 1.29 is 4.79 Å². The van der Waals surface area contributed by atoms with Gasteiger partial charge in [0.1, 0.15) is 0 Å². The molecule has 3 aliphatic rings. The summed E-state index contributed by atoms with van der Waals surface area (Å²) < 4.78 is 0. The van der Waals surface area contributed by atoms with Crippen LogP contribution in [0, 0.1) is 17.8 Å². The maximum Gasteiger partial charge on any atom is 0.225 e. The number of amides is 1. The summed E-state index contributed by atoms with van der Waals surface area (Å²) in [4.78, 5) is 20.2. The molecule has 176 valence electrons. The third-order valence-electron chi connectivity index (χ3n) is 7.54. The molecule has 2 atom stereocenters. The van der Waals surface area contributed by atoms with Crippen molar-refractivity contribution in [1.82, 2.24) is 14.7 Å². The van der Waals surface area contributed by atoms with Crippen molar-refractivity contribution in [3.63, 3.8) is 0 Å². The van der Waals surface area contributed by atoms with Crippen LogP contribution in [-0.4, -0.2) is 73.0 Å². The minimum Gasteiger partial charge on any atom is -0.340 e. The molecule has 7 heteroatoms. The van der Waals surface area contributed by atoms with Gasteiger partial charge >= 0.3 is 0 Å². The quantitative estimate of drug-likeness (QED) is 0.692. The van der Waals surface area contributed by atoms with Gasteiger partial charge < -0.3 is 15.5 Å². The lowest BCUT2D eigenvalue weighted by Crippen LogP contribution is -2.54. The van der Waals surface area contributed by atoms with E-state index >= 15 is 0 Å². The zero-order valence-corrected chi connectivity index (χ0v) is 20.5. The number of rotatable bonds is 6. The maximum absolute atomic E-state index is 13.1. The molecular weight excluding hydrogens is 431 g/mol. The first-order valence-corrected chi connectivity index (χ1v) is 11.6. The molecule has 1 aromatic carbocycles. The van der Waals surface area contributed by atoms with E-state index in [0.29, 0.717) is 23.8 Å². The number of nitrogens with zero attached hydrogens (tertiary/aromatic N) is 3. The van der Waals surface area contributed by atoms with Gasteiger partial charge in [0.2, 0.25) is 5.91 Å². The summed E-state index contributed by atoms with van der Waals surface area (Å²) in [5.74, 6) is 1.80. The smallest absolute Gasteiger partial charge is 0.225 e. The number of carbonyl (C=O) groups is 1. The van der Waals surface area contributed by atoms with E-state index in [4.69, 9.17) is 5.73 Å². The Kier molecular flexibility index (Phi) is 10.6. The molecule has 2 N–H and O–H groups in total. The van der Waals surface area contributed by atoms with Crippen molar-refractivity contribution in [2.24, 2.45) is 23.5 Å². The highest BCUT2D eigenvalue weighted by molar-refractivity contribution is 5.85. The average Bonchev–Trinajstić information content (AvgIpc) is 2.73. The number of carbonyl (C=O) groups excluding carboxylic acids is 1. The monoisotopic (exact) mass is 470 g/mol. The zero-order chi connectivity index (χ0) is 20.2. The van der Waals surface area contributed by atoms with Gasteiger partial charge in [-0.25, -0.2) is 0 Å². The number of benzene rings is 1. The Bertz CT molecular complexity index is 655. The topological polar surface area (TPSA) is 52.8 Å². The lowest BCUT2D eigenvalue weighted by molar-refractivity contribution is -0.140. The van der Waals surface area contributed by atoms with E-state index in [1.807, 2.05) is 0 Å². The number of hydrogen-bond acceptors (Lipinski definition) is 4. The molecule has 4 rings (SSSR count). The van der Waals surface area contributed by atoms with Crippen LogP contribution in [0.15, 0.2) is 30.3 Å². The molecule has 3 fully saturated rings. The van der Waals surface area contributed by atoms with Crippen LogP contribution in [0.5, 0.6) is 0 Å². The number of fused-ring (bicyclic) bond motifs is 2. The van der Waals surface area contributed by atoms with Crippen LogP contribution in [-0.2, 0) is 11.3 Å². The van der Waals surface area contributed by atoms with Crippen molar-refractivity contribution in [2.45, 2.75) is 44.7 Å². The molecule has 1 aromatic rings. The van der Waals surface area contributed by atoms with Gasteiger partial charge in [-0.05, 0) is 50.1 Å². The second kappa shape index (κ2) is 12.4. The second-order valence-electron chi connectivity index (χ2n) is 9.59. The summed E-state index contributed by atoms with van der Waals surface area (Å²) in [5.41, 5.74) is 7.78. The third-order valence-corrected chi connectivity index (χ3v) is 7.54. The summed E-state index contributed by atoms with van der Waals surface area (Å²) in [6, 6.07) is 11.0. The Labute approximate surface area is 200 Å². The molecule has 5 nitrogen and oxygen atoms in total. The van der Waals surface area contributed by atoms with Crippen LogP contribution in [0.1, 0.15) is 37.7 Å². The largest absolute Gasteiger partial charge is 0.340 e. The van der Waals surface area contributed by atoms with Gasteiger partial charge in [-0.3, -0.25) is 9.69 Å². The predicted molar refractivity (Wildman–Crippen MR) is 132 cm³/mol. The van der Waals surface area contributed by atoms with Crippen LogP contribution in [0.3, 0.4) is 0 Å². The molecule has 0 radical (unpaired) electrons. The first-order valence-electron chi connectivity index (χ1n) is 11.6. The second-order valence-corrected chi connectivity index (χ2v) is 9.59. The summed E-state index contributed by atoms with van der Waals surface area (Å²) in [6.45, 7) is 6.91. The van der Waals surface area contributed by atoms with E-state index in [9.17, 15) is 4.79 Å². The zero-order valence-electron chi connectivity index (χ0n) is 18.8. The highest BCUT2D eigenvalue weighted by atomic mass is 35.5. The van der Waals surface area contributed by atoms with Crippen molar-refractivity contribution in [3.8, 4) is 0 Å². The van der Waals surface area contributed by atoms with E-state index in [0.717, 1.165) is 58.7 Å². The Morgan fingerprint density at radius 2 is 1.65 bits per heavy atom. The van der Waals surface area contributed by atoms with Gasteiger partial charge in [-0.15, -0.1) is 24.8 Å². The average molecular weight is 472 g/mol. The van der Waals surface area contributed by atoms with Gasteiger partial charge in [0, 0.05) is 57.8 Å². The molecule has 1 saturated heterocycles. The fourth-order valence-electron chi connectivity index (χ4n) is 5.73. The fraction of sp³-hybridized carbons (Fsp3) is 0.708. The Balaban J connectivity index is 0.00000171. The van der Waals surface area contributed by atoms with E-state index in [2.05, 4.69) is 52.1 Å². The van der Waals surface area contributed by atoms with Crippen LogP contribution in [0.4, 0.5) is 0 Å². The molecule has 2 bridgehead atoms. The van der Waals surface area contributed by atoms with Gasteiger partial charge in [0.15, 0.2) is 0 Å². The van der Waals surface area contributed by atoms with Gasteiger partial charge in [0.05, 0.1) is 0 Å². The van der Waals surface area contributed by atoms with Crippen molar-refractivity contribution >= 4 is 30.7 Å². The number of hydrogen-bond donors (Lipinski definition) is 1. The molecule has 2 saturated carbocycles. The van der Waals surface area contributed by atoms with Crippen molar-refractivity contribution in [2.75, 3.05) is 46.3 Å². The third kappa shape index (κ3) is 6.82. The number of halogens is 2. The molecule has 2 aliphatic carbocycles. The lowest BCUT2D eigenvalue weighted by Gasteiger charge is -2.45. The first kappa shape index (κ1) is 26.4. The first-order chi connectivity index (χ1) is 14.1. The molecule has 2 unspecified atom stereocenters. The highest BCUT2D eigenvalue weighted by Crippen LogP contribution is 2.42. The normalized spacial score (nSPS) is 28.5. The molecule has 0 spiro atoms. The summed E-state index contributed by atoms with van der Waals surface area (Å²) in [6.07, 6.45) is 5.82. The van der Waals surface area contributed by atoms with Crippen LogP contribution in [0.2, 0.25) is 0 Å². The van der Waals surface area contributed by atoms with E-state index < -0.39 is 0 Å². The minimum atomic E-state index is 0. The Morgan fingerprint density at radius 3 is 2.26 bits per heavy atom. The van der Waals surface area contributed by atoms with Crippen LogP contribution >= 0.6 is 24.8 Å². The Morgan fingerprint density at radius 1 is 1.03 bits per heavy atom. The van der Waals surface area contributed by atoms with E-state index in [-0.39, 0.29) is 30.7 Å². The lowest BCUT2D eigenvalue weighted by atomic mass is 9.65. The van der Waals surface area contributed by atoms with Crippen LogP contribution < -0.4 is 5.73 Å². The SMILES string of the molecule is CN(CCN1CCN(C(=O)C2CC3CCCC(C2)C3N)CC1)Cc1ccccc1.Cl.Cl. The summed E-state index contributed by atoms with van der Waals surface area (Å²) in [5, 5.41) is 0. The van der Waals surface area contributed by atoms with E-state index in [1.165, 1.54) is 24.8 Å². The molecule has 1 amide bonds. The van der Waals surface area contributed by atoms with Gasteiger partial charge in [-0.2, -0.15) is 0 Å². The molecule has 1 heterocycles.